The first-order valence-corrected chi connectivity index (χ1v) is 9.01. The lowest BCUT2D eigenvalue weighted by Crippen LogP contribution is -2.19. The summed E-state index contributed by atoms with van der Waals surface area (Å²) in [5.74, 6) is 0. The number of benzene rings is 2. The molecule has 26 heavy (non-hydrogen) atoms. The van der Waals surface area contributed by atoms with Gasteiger partial charge in [-0.2, -0.15) is 5.26 Å². The lowest BCUT2D eigenvalue weighted by Gasteiger charge is -2.05. The lowest BCUT2D eigenvalue weighted by atomic mass is 10.2. The Morgan fingerprint density at radius 2 is 1.73 bits per heavy atom. The number of aromatic amines is 1. The highest BCUT2D eigenvalue weighted by Crippen LogP contribution is 2.34. The predicted molar refractivity (Wildman–Crippen MR) is 107 cm³/mol. The molecule has 0 saturated heterocycles. The minimum absolute atomic E-state index is 0.238. The Kier molecular flexibility index (Phi) is 4.13. The summed E-state index contributed by atoms with van der Waals surface area (Å²) in [6, 6.07) is 20.9. The number of nitrogens with one attached hydrogen (secondary N) is 2. The summed E-state index contributed by atoms with van der Waals surface area (Å²) in [5.41, 5.74) is 2.15. The number of hydrogen-bond donors (Lipinski definition) is 2. The average Bonchev–Trinajstić information content (AvgIpc) is 3.00. The largest absolute Gasteiger partial charge is 0.346 e. The van der Waals surface area contributed by atoms with Gasteiger partial charge in [0.05, 0.1) is 11.2 Å². The van der Waals surface area contributed by atoms with Crippen LogP contribution in [-0.2, 0) is 0 Å². The SMILES string of the molecule is N#Cc1c(Nc2ccccc2)sc2c(=O)n(-c3ccccc3)c(=S)[nH]c12. The average molecular weight is 376 g/mol. The summed E-state index contributed by atoms with van der Waals surface area (Å²) in [4.78, 5) is 16.1. The van der Waals surface area contributed by atoms with Crippen molar-refractivity contribution in [3.05, 3.63) is 81.4 Å². The van der Waals surface area contributed by atoms with Gasteiger partial charge in [-0.1, -0.05) is 36.4 Å². The Bertz CT molecular complexity index is 1250. The molecule has 0 aliphatic rings. The van der Waals surface area contributed by atoms with E-state index in [1.165, 1.54) is 15.9 Å². The number of fused-ring (bicyclic) bond motifs is 1. The van der Waals surface area contributed by atoms with E-state index in [2.05, 4.69) is 16.4 Å². The van der Waals surface area contributed by atoms with Crippen LogP contribution in [0.3, 0.4) is 0 Å². The minimum Gasteiger partial charge on any atom is -0.346 e. The Morgan fingerprint density at radius 1 is 1.08 bits per heavy atom. The summed E-state index contributed by atoms with van der Waals surface area (Å²) in [6.07, 6.45) is 0. The van der Waals surface area contributed by atoms with Gasteiger partial charge in [0.1, 0.15) is 21.3 Å². The third-order valence-electron chi connectivity index (χ3n) is 3.90. The Balaban J connectivity index is 1.95. The van der Waals surface area contributed by atoms with E-state index < -0.39 is 0 Å². The first kappa shape index (κ1) is 16.3. The molecule has 0 saturated carbocycles. The van der Waals surface area contributed by atoms with Crippen LogP contribution in [0.25, 0.3) is 15.9 Å². The van der Waals surface area contributed by atoms with Crippen LogP contribution < -0.4 is 10.9 Å². The van der Waals surface area contributed by atoms with Crippen molar-refractivity contribution < 1.29 is 0 Å². The molecule has 0 unspecified atom stereocenters. The lowest BCUT2D eigenvalue weighted by molar-refractivity contribution is 0.943. The summed E-state index contributed by atoms with van der Waals surface area (Å²) in [6.45, 7) is 0. The van der Waals surface area contributed by atoms with E-state index in [4.69, 9.17) is 12.2 Å². The normalized spacial score (nSPS) is 10.6. The maximum Gasteiger partial charge on any atom is 0.276 e. The fraction of sp³-hybridized carbons (Fsp3) is 0. The molecule has 4 aromatic rings. The first-order chi connectivity index (χ1) is 12.7. The molecule has 0 aliphatic carbocycles. The molecule has 0 fully saturated rings. The Hall–Kier alpha value is -3.21. The molecule has 0 aliphatic heterocycles. The van der Waals surface area contributed by atoms with Crippen molar-refractivity contribution in [2.75, 3.05) is 5.32 Å². The monoisotopic (exact) mass is 376 g/mol. The number of thiophene rings is 1. The van der Waals surface area contributed by atoms with Crippen LogP contribution in [0.1, 0.15) is 5.56 Å². The van der Waals surface area contributed by atoms with E-state index >= 15 is 0 Å². The Morgan fingerprint density at radius 3 is 2.38 bits per heavy atom. The summed E-state index contributed by atoms with van der Waals surface area (Å²) in [5, 5.41) is 13.4. The smallest absolute Gasteiger partial charge is 0.276 e. The van der Waals surface area contributed by atoms with E-state index in [0.717, 1.165) is 5.69 Å². The quantitative estimate of drug-likeness (QED) is 0.507. The number of nitriles is 1. The van der Waals surface area contributed by atoms with Gasteiger partial charge >= 0.3 is 0 Å². The number of nitrogens with zero attached hydrogens (tertiary/aromatic N) is 2. The van der Waals surface area contributed by atoms with E-state index in [1.54, 1.807) is 0 Å². The molecular weight excluding hydrogens is 364 g/mol. The number of anilines is 2. The van der Waals surface area contributed by atoms with Crippen LogP contribution in [0.5, 0.6) is 0 Å². The van der Waals surface area contributed by atoms with Gasteiger partial charge in [0.25, 0.3) is 5.56 Å². The summed E-state index contributed by atoms with van der Waals surface area (Å²) >= 11 is 6.62. The standard InChI is InChI=1S/C19H12N4OS2/c20-11-14-15-16(26-17(14)21-12-7-3-1-4-8-12)18(24)23(19(25)22-15)13-9-5-2-6-10-13/h1-10,21H,(H,22,25). The molecule has 126 valence electrons. The highest BCUT2D eigenvalue weighted by Gasteiger charge is 2.18. The predicted octanol–water partition coefficient (Wildman–Crippen LogP) is 4.73. The van der Waals surface area contributed by atoms with Gasteiger partial charge < -0.3 is 10.3 Å². The second-order valence-electron chi connectivity index (χ2n) is 5.52. The molecule has 2 aromatic carbocycles. The van der Waals surface area contributed by atoms with Crippen molar-refractivity contribution in [3.8, 4) is 11.8 Å². The van der Waals surface area contributed by atoms with Crippen molar-refractivity contribution in [2.24, 2.45) is 0 Å². The molecule has 0 atom stereocenters. The van der Waals surface area contributed by atoms with E-state index in [1.807, 2.05) is 60.7 Å². The van der Waals surface area contributed by atoms with Crippen molar-refractivity contribution in [1.82, 2.24) is 9.55 Å². The van der Waals surface area contributed by atoms with Gasteiger partial charge in [-0.25, -0.2) is 0 Å². The summed E-state index contributed by atoms with van der Waals surface area (Å²) < 4.78 is 2.16. The first-order valence-electron chi connectivity index (χ1n) is 7.78. The molecule has 0 bridgehead atoms. The zero-order chi connectivity index (χ0) is 18.1. The van der Waals surface area contributed by atoms with E-state index in [9.17, 15) is 10.1 Å². The number of aromatic nitrogens is 2. The molecule has 0 radical (unpaired) electrons. The third kappa shape index (κ3) is 2.71. The van der Waals surface area contributed by atoms with E-state index in [0.29, 0.717) is 26.5 Å². The van der Waals surface area contributed by atoms with Crippen molar-refractivity contribution in [1.29, 1.82) is 5.26 Å². The van der Waals surface area contributed by atoms with E-state index in [-0.39, 0.29) is 10.3 Å². The topological polar surface area (TPSA) is 73.6 Å². The van der Waals surface area contributed by atoms with Crippen LogP contribution in [0.15, 0.2) is 65.5 Å². The number of hydrogen-bond acceptors (Lipinski definition) is 5. The third-order valence-corrected chi connectivity index (χ3v) is 5.28. The van der Waals surface area contributed by atoms with Crippen LogP contribution in [0, 0.1) is 16.1 Å². The van der Waals surface area contributed by atoms with Gasteiger partial charge in [-0.3, -0.25) is 9.36 Å². The van der Waals surface area contributed by atoms with Crippen molar-refractivity contribution in [3.63, 3.8) is 0 Å². The molecule has 2 heterocycles. The Labute approximate surface area is 157 Å². The molecular formula is C19H12N4OS2. The van der Waals surface area contributed by atoms with Crippen LogP contribution >= 0.6 is 23.6 Å². The zero-order valence-electron chi connectivity index (χ0n) is 13.4. The molecule has 2 N–H and O–H groups in total. The zero-order valence-corrected chi connectivity index (χ0v) is 15.0. The summed E-state index contributed by atoms with van der Waals surface area (Å²) in [7, 11) is 0. The molecule has 0 spiro atoms. The van der Waals surface area contributed by atoms with Crippen molar-refractivity contribution >= 4 is 44.5 Å². The van der Waals surface area contributed by atoms with Crippen LogP contribution in [0.2, 0.25) is 0 Å². The molecule has 2 aromatic heterocycles. The van der Waals surface area contributed by atoms with Crippen LogP contribution in [-0.4, -0.2) is 9.55 Å². The minimum atomic E-state index is -0.238. The van der Waals surface area contributed by atoms with Gasteiger partial charge in [-0.15, -0.1) is 11.3 Å². The highest BCUT2D eigenvalue weighted by atomic mass is 32.1. The second-order valence-corrected chi connectivity index (χ2v) is 6.93. The highest BCUT2D eigenvalue weighted by molar-refractivity contribution is 7.71. The second kappa shape index (κ2) is 6.59. The molecule has 0 amide bonds. The van der Waals surface area contributed by atoms with Gasteiger partial charge in [0.2, 0.25) is 0 Å². The maximum absolute atomic E-state index is 13.0. The number of rotatable bonds is 3. The van der Waals surface area contributed by atoms with Gasteiger partial charge in [0, 0.05) is 5.69 Å². The molecule has 5 nitrogen and oxygen atoms in total. The number of H-pyrrole nitrogens is 1. The number of para-hydroxylation sites is 2. The molecule has 7 heteroatoms. The van der Waals surface area contributed by atoms with Gasteiger partial charge in [0.15, 0.2) is 4.77 Å². The van der Waals surface area contributed by atoms with Crippen LogP contribution in [0.4, 0.5) is 10.7 Å². The fourth-order valence-electron chi connectivity index (χ4n) is 2.72. The van der Waals surface area contributed by atoms with Gasteiger partial charge in [-0.05, 0) is 36.5 Å². The fourth-order valence-corrected chi connectivity index (χ4v) is 4.06. The maximum atomic E-state index is 13.0. The van der Waals surface area contributed by atoms with Crippen molar-refractivity contribution in [2.45, 2.75) is 0 Å². The molecule has 4 rings (SSSR count).